The van der Waals surface area contributed by atoms with Crippen LogP contribution >= 0.6 is 11.6 Å². The average Bonchev–Trinajstić information content (AvgIpc) is 2.97. The standard InChI is InChI=1S/C18H13ClF3NO2/c1-25-17(24)12-4-5-23-16-9-11(7-13(12)16)6-10-2-3-15(19)14(8-10)18(20,21)22/h2-5,8-9H,6-7H2,1H3. The number of benzene rings is 1. The summed E-state index contributed by atoms with van der Waals surface area (Å²) < 4.78 is 43.7. The van der Waals surface area contributed by atoms with Crippen molar-refractivity contribution in [2.45, 2.75) is 19.0 Å². The smallest absolute Gasteiger partial charge is 0.417 e. The number of carbonyl (C=O) groups excluding carboxylic acids is 1. The lowest BCUT2D eigenvalue weighted by atomic mass is 10.00. The van der Waals surface area contributed by atoms with Gasteiger partial charge in [-0.3, -0.25) is 4.98 Å². The second-order valence-electron chi connectivity index (χ2n) is 5.68. The number of alkyl halides is 3. The Morgan fingerprint density at radius 3 is 2.76 bits per heavy atom. The third-order valence-corrected chi connectivity index (χ3v) is 4.34. The van der Waals surface area contributed by atoms with E-state index < -0.39 is 17.7 Å². The monoisotopic (exact) mass is 367 g/mol. The maximum atomic E-state index is 13.0. The summed E-state index contributed by atoms with van der Waals surface area (Å²) in [6.07, 6.45) is -0.438. The van der Waals surface area contributed by atoms with E-state index in [9.17, 15) is 18.0 Å². The number of ether oxygens (including phenoxy) is 1. The van der Waals surface area contributed by atoms with Gasteiger partial charge in [-0.25, -0.2) is 4.79 Å². The number of aromatic nitrogens is 1. The first kappa shape index (κ1) is 17.5. The summed E-state index contributed by atoms with van der Waals surface area (Å²) in [5, 5.41) is -0.324. The van der Waals surface area contributed by atoms with E-state index in [0.29, 0.717) is 29.7 Å². The van der Waals surface area contributed by atoms with Gasteiger partial charge in [-0.2, -0.15) is 13.2 Å². The molecule has 1 heterocycles. The number of hydrogen-bond acceptors (Lipinski definition) is 3. The molecule has 0 N–H and O–H groups in total. The Labute approximate surface area is 147 Å². The van der Waals surface area contributed by atoms with Gasteiger partial charge >= 0.3 is 12.1 Å². The first-order valence-electron chi connectivity index (χ1n) is 7.41. The van der Waals surface area contributed by atoms with Crippen molar-refractivity contribution in [3.05, 3.63) is 69.0 Å². The van der Waals surface area contributed by atoms with Gasteiger partial charge in [0, 0.05) is 6.20 Å². The molecule has 0 aliphatic heterocycles. The molecule has 0 bridgehead atoms. The second kappa shape index (κ2) is 6.52. The van der Waals surface area contributed by atoms with Gasteiger partial charge in [-0.05, 0) is 48.2 Å². The number of esters is 1. The van der Waals surface area contributed by atoms with E-state index in [4.69, 9.17) is 16.3 Å². The van der Waals surface area contributed by atoms with Gasteiger partial charge in [0.2, 0.25) is 0 Å². The zero-order valence-electron chi connectivity index (χ0n) is 13.2. The molecule has 0 atom stereocenters. The van der Waals surface area contributed by atoms with E-state index in [1.54, 1.807) is 18.2 Å². The lowest BCUT2D eigenvalue weighted by Crippen LogP contribution is -2.07. The van der Waals surface area contributed by atoms with Crippen molar-refractivity contribution >= 4 is 23.6 Å². The Hall–Kier alpha value is -2.34. The van der Waals surface area contributed by atoms with Crippen LogP contribution in [-0.4, -0.2) is 18.1 Å². The van der Waals surface area contributed by atoms with Crippen LogP contribution in [0.3, 0.4) is 0 Å². The summed E-state index contributed by atoms with van der Waals surface area (Å²) in [7, 11) is 1.30. The maximum Gasteiger partial charge on any atom is 0.417 e. The molecule has 1 aromatic heterocycles. The molecule has 2 aromatic rings. The highest BCUT2D eigenvalue weighted by Crippen LogP contribution is 2.36. The molecule has 130 valence electrons. The lowest BCUT2D eigenvalue weighted by Gasteiger charge is -2.11. The normalized spacial score (nSPS) is 13.4. The van der Waals surface area contributed by atoms with Crippen LogP contribution in [0.2, 0.25) is 5.02 Å². The van der Waals surface area contributed by atoms with Crippen LogP contribution in [-0.2, 0) is 23.8 Å². The van der Waals surface area contributed by atoms with Gasteiger partial charge in [0.1, 0.15) is 0 Å². The Morgan fingerprint density at radius 2 is 2.08 bits per heavy atom. The summed E-state index contributed by atoms with van der Waals surface area (Å²) in [6.45, 7) is 0. The van der Waals surface area contributed by atoms with Crippen molar-refractivity contribution in [1.29, 1.82) is 0 Å². The van der Waals surface area contributed by atoms with Crippen LogP contribution in [0.25, 0.3) is 6.08 Å². The summed E-state index contributed by atoms with van der Waals surface area (Å²) in [4.78, 5) is 16.0. The van der Waals surface area contributed by atoms with Crippen molar-refractivity contribution in [2.24, 2.45) is 0 Å². The summed E-state index contributed by atoms with van der Waals surface area (Å²) >= 11 is 5.65. The van der Waals surface area contributed by atoms with Crippen molar-refractivity contribution < 1.29 is 22.7 Å². The molecule has 0 unspecified atom stereocenters. The molecule has 7 heteroatoms. The highest BCUT2D eigenvalue weighted by molar-refractivity contribution is 6.31. The minimum absolute atomic E-state index is 0.317. The third-order valence-electron chi connectivity index (χ3n) is 4.01. The van der Waals surface area contributed by atoms with Crippen molar-refractivity contribution in [2.75, 3.05) is 7.11 Å². The number of nitrogens with zero attached hydrogens (tertiary/aromatic N) is 1. The molecule has 0 saturated heterocycles. The highest BCUT2D eigenvalue weighted by atomic mass is 35.5. The van der Waals surface area contributed by atoms with Gasteiger partial charge in [0.25, 0.3) is 0 Å². The first-order valence-corrected chi connectivity index (χ1v) is 7.78. The predicted octanol–water partition coefficient (Wildman–Crippen LogP) is 4.72. The number of pyridine rings is 1. The van der Waals surface area contributed by atoms with Gasteiger partial charge in [-0.1, -0.05) is 23.2 Å². The molecule has 1 aliphatic rings. The molecule has 0 radical (unpaired) electrons. The maximum absolute atomic E-state index is 13.0. The number of allylic oxidation sites excluding steroid dienone is 1. The molecule has 0 amide bonds. The van der Waals surface area contributed by atoms with Crippen LogP contribution in [0.1, 0.15) is 32.7 Å². The number of rotatable bonds is 3. The predicted molar refractivity (Wildman–Crippen MR) is 87.4 cm³/mol. The van der Waals surface area contributed by atoms with Crippen molar-refractivity contribution in [1.82, 2.24) is 4.98 Å². The zero-order chi connectivity index (χ0) is 18.2. The fourth-order valence-corrected chi connectivity index (χ4v) is 3.09. The van der Waals surface area contributed by atoms with Gasteiger partial charge in [0.05, 0.1) is 29.0 Å². The fraction of sp³-hybridized carbons (Fsp3) is 0.222. The number of hydrogen-bond donors (Lipinski definition) is 0. The number of halogens is 4. The summed E-state index contributed by atoms with van der Waals surface area (Å²) in [5.74, 6) is -0.459. The molecule has 0 saturated carbocycles. The zero-order valence-corrected chi connectivity index (χ0v) is 13.9. The molecular formula is C18H13ClF3NO2. The quantitative estimate of drug-likeness (QED) is 0.737. The van der Waals surface area contributed by atoms with E-state index in [2.05, 4.69) is 4.98 Å². The Morgan fingerprint density at radius 1 is 1.32 bits per heavy atom. The van der Waals surface area contributed by atoms with Gasteiger partial charge in [-0.15, -0.1) is 0 Å². The largest absolute Gasteiger partial charge is 0.465 e. The van der Waals surface area contributed by atoms with E-state index in [1.165, 1.54) is 19.4 Å². The van der Waals surface area contributed by atoms with Crippen molar-refractivity contribution in [3.8, 4) is 0 Å². The average molecular weight is 368 g/mol. The minimum Gasteiger partial charge on any atom is -0.465 e. The molecule has 3 rings (SSSR count). The van der Waals surface area contributed by atoms with Crippen LogP contribution in [0.15, 0.2) is 36.0 Å². The second-order valence-corrected chi connectivity index (χ2v) is 6.09. The van der Waals surface area contributed by atoms with Crippen LogP contribution in [0, 0.1) is 0 Å². The topological polar surface area (TPSA) is 39.2 Å². The Kier molecular flexibility index (Phi) is 4.56. The highest BCUT2D eigenvalue weighted by Gasteiger charge is 2.33. The van der Waals surface area contributed by atoms with E-state index in [0.717, 1.165) is 17.2 Å². The molecule has 25 heavy (non-hydrogen) atoms. The van der Waals surface area contributed by atoms with Gasteiger partial charge in [0.15, 0.2) is 0 Å². The van der Waals surface area contributed by atoms with E-state index in [1.807, 2.05) is 0 Å². The van der Waals surface area contributed by atoms with Crippen LogP contribution < -0.4 is 0 Å². The van der Waals surface area contributed by atoms with E-state index in [-0.39, 0.29) is 5.02 Å². The number of carbonyl (C=O) groups is 1. The first-order chi connectivity index (χ1) is 11.8. The van der Waals surface area contributed by atoms with Crippen LogP contribution in [0.4, 0.5) is 13.2 Å². The molecule has 3 nitrogen and oxygen atoms in total. The lowest BCUT2D eigenvalue weighted by molar-refractivity contribution is -0.137. The Balaban J connectivity index is 1.86. The molecule has 1 aromatic carbocycles. The molecular weight excluding hydrogens is 355 g/mol. The molecule has 0 fully saturated rings. The summed E-state index contributed by atoms with van der Waals surface area (Å²) in [5.41, 5.74) is 2.31. The number of methoxy groups -OCH3 is 1. The minimum atomic E-state index is -4.50. The SMILES string of the molecule is COC(=O)c1ccnc2c1CC(Cc1ccc(Cl)c(C(F)(F)F)c1)=C2. The Bertz CT molecular complexity index is 875. The summed E-state index contributed by atoms with van der Waals surface area (Å²) in [6, 6.07) is 5.45. The van der Waals surface area contributed by atoms with Gasteiger partial charge < -0.3 is 4.74 Å². The van der Waals surface area contributed by atoms with E-state index >= 15 is 0 Å². The third kappa shape index (κ3) is 3.54. The van der Waals surface area contributed by atoms with Crippen LogP contribution in [0.5, 0.6) is 0 Å². The fourth-order valence-electron chi connectivity index (χ4n) is 2.87. The molecule has 0 spiro atoms. The van der Waals surface area contributed by atoms with Crippen molar-refractivity contribution in [3.63, 3.8) is 0 Å². The molecule has 1 aliphatic carbocycles. The number of fused-ring (bicyclic) bond motifs is 1.